The van der Waals surface area contributed by atoms with E-state index in [9.17, 15) is 4.79 Å². The number of hydrogen-bond donors (Lipinski definition) is 4. The number of rotatable bonds is 4. The maximum Gasteiger partial charge on any atom is 0.411 e. The fraction of sp³-hybridized carbons (Fsp3) is 0.161. The molecule has 0 radical (unpaired) electrons. The zero-order valence-electron chi connectivity index (χ0n) is 22.3. The van der Waals surface area contributed by atoms with Gasteiger partial charge in [-0.15, -0.1) is 4.68 Å². The Kier molecular flexibility index (Phi) is 5.87. The van der Waals surface area contributed by atoms with Crippen LogP contribution >= 0.6 is 0 Å². The summed E-state index contributed by atoms with van der Waals surface area (Å²) in [6.07, 6.45) is 3.47. The smallest absolute Gasteiger partial charge is 0.343 e. The second-order valence-corrected chi connectivity index (χ2v) is 10.8. The third-order valence-electron chi connectivity index (χ3n) is 6.85. The molecule has 3 aromatic heterocycles. The number of carbonyl (C=O) groups excluding carboxylic acids is 1. The molecule has 6 aromatic rings. The van der Waals surface area contributed by atoms with Crippen LogP contribution in [-0.2, 0) is 5.41 Å². The van der Waals surface area contributed by atoms with E-state index in [1.54, 1.807) is 6.33 Å². The summed E-state index contributed by atoms with van der Waals surface area (Å²) in [5, 5.41) is 11.5. The number of benzene rings is 3. The predicted molar refractivity (Wildman–Crippen MR) is 155 cm³/mol. The van der Waals surface area contributed by atoms with Crippen molar-refractivity contribution in [1.29, 1.82) is 0 Å². The van der Waals surface area contributed by atoms with E-state index in [0.717, 1.165) is 44.5 Å². The average Bonchev–Trinajstić information content (AvgIpc) is 3.56. The monoisotopic (exact) mass is 516 g/mol. The van der Waals surface area contributed by atoms with Crippen molar-refractivity contribution in [3.8, 4) is 16.8 Å². The molecule has 8 nitrogen and oxygen atoms in total. The van der Waals surface area contributed by atoms with Crippen LogP contribution in [-0.4, -0.2) is 26.1 Å². The molecule has 194 valence electrons. The van der Waals surface area contributed by atoms with E-state index in [4.69, 9.17) is 0 Å². The van der Waals surface area contributed by atoms with Crippen LogP contribution in [0.5, 0.6) is 0 Å². The maximum atomic E-state index is 13.3. The van der Waals surface area contributed by atoms with Gasteiger partial charge in [-0.25, -0.2) is 19.9 Å². The SMILES string of the molecule is Cc1ccc(-[n+]2[nH]c(C(C)(C)C)cc2NC(=O)Nc2ccc(-c3cnc4nc[nH]c4c3)c3ccccc23)cc1. The third-order valence-corrected chi connectivity index (χ3v) is 6.85. The number of hydrogen-bond acceptors (Lipinski definition) is 3. The van der Waals surface area contributed by atoms with E-state index in [1.807, 2.05) is 65.5 Å². The summed E-state index contributed by atoms with van der Waals surface area (Å²) >= 11 is 0. The Morgan fingerprint density at radius 3 is 2.44 bits per heavy atom. The van der Waals surface area contributed by atoms with Gasteiger partial charge < -0.3 is 4.98 Å². The van der Waals surface area contributed by atoms with Crippen LogP contribution < -0.4 is 15.3 Å². The topological polar surface area (TPSA) is 102 Å². The molecule has 8 heteroatoms. The Morgan fingerprint density at radius 1 is 0.897 bits per heavy atom. The molecule has 3 heterocycles. The van der Waals surface area contributed by atoms with Gasteiger partial charge in [0.15, 0.2) is 11.3 Å². The fourth-order valence-corrected chi connectivity index (χ4v) is 4.69. The Hall–Kier alpha value is -4.98. The second-order valence-electron chi connectivity index (χ2n) is 10.8. The molecule has 2 amide bonds. The van der Waals surface area contributed by atoms with Crippen molar-refractivity contribution < 1.29 is 9.48 Å². The summed E-state index contributed by atoms with van der Waals surface area (Å²) in [7, 11) is 0. The highest BCUT2D eigenvalue weighted by atomic mass is 16.2. The van der Waals surface area contributed by atoms with E-state index in [1.165, 1.54) is 5.56 Å². The number of carbonyl (C=O) groups is 1. The van der Waals surface area contributed by atoms with E-state index >= 15 is 0 Å². The molecule has 3 aromatic carbocycles. The minimum atomic E-state index is -0.325. The summed E-state index contributed by atoms with van der Waals surface area (Å²) in [6.45, 7) is 8.46. The van der Waals surface area contributed by atoms with Gasteiger partial charge in [0, 0.05) is 22.6 Å². The number of aromatic amines is 2. The predicted octanol–water partition coefficient (Wildman–Crippen LogP) is 6.63. The Labute approximate surface area is 226 Å². The molecular weight excluding hydrogens is 486 g/mol. The Balaban J connectivity index is 1.32. The quantitative estimate of drug-likeness (QED) is 0.198. The normalized spacial score (nSPS) is 11.7. The van der Waals surface area contributed by atoms with E-state index in [-0.39, 0.29) is 11.4 Å². The Bertz CT molecular complexity index is 1820. The molecule has 4 N–H and O–H groups in total. The zero-order valence-corrected chi connectivity index (χ0v) is 22.3. The molecular formula is C31H30N7O+. The van der Waals surface area contributed by atoms with Crippen molar-refractivity contribution in [3.05, 3.63) is 96.6 Å². The fourth-order valence-electron chi connectivity index (χ4n) is 4.69. The minimum absolute atomic E-state index is 0.122. The van der Waals surface area contributed by atoms with Gasteiger partial charge in [0.05, 0.1) is 29.3 Å². The molecule has 0 saturated heterocycles. The number of anilines is 2. The highest BCUT2D eigenvalue weighted by Crippen LogP contribution is 2.34. The van der Waals surface area contributed by atoms with Gasteiger partial charge in [-0.2, -0.15) is 5.32 Å². The number of nitrogens with zero attached hydrogens (tertiary/aromatic N) is 3. The number of aromatic nitrogens is 5. The summed E-state index contributed by atoms with van der Waals surface area (Å²) in [4.78, 5) is 25.1. The lowest BCUT2D eigenvalue weighted by atomic mass is 9.92. The third kappa shape index (κ3) is 4.72. The average molecular weight is 517 g/mol. The molecule has 0 atom stereocenters. The van der Waals surface area contributed by atoms with Crippen molar-refractivity contribution in [2.24, 2.45) is 0 Å². The lowest BCUT2D eigenvalue weighted by Gasteiger charge is -2.14. The van der Waals surface area contributed by atoms with Gasteiger partial charge in [0.25, 0.3) is 0 Å². The van der Waals surface area contributed by atoms with Crippen LogP contribution in [0.1, 0.15) is 32.0 Å². The van der Waals surface area contributed by atoms with E-state index in [2.05, 4.69) is 76.6 Å². The first-order valence-electron chi connectivity index (χ1n) is 12.9. The van der Waals surface area contributed by atoms with Crippen LogP contribution in [0.4, 0.5) is 16.3 Å². The van der Waals surface area contributed by atoms with Gasteiger partial charge in [0.1, 0.15) is 0 Å². The summed E-state index contributed by atoms with van der Waals surface area (Å²) in [6, 6.07) is 23.8. The first-order chi connectivity index (χ1) is 18.8. The molecule has 6 rings (SSSR count). The van der Waals surface area contributed by atoms with E-state index < -0.39 is 0 Å². The molecule has 0 fully saturated rings. The van der Waals surface area contributed by atoms with Gasteiger partial charge >= 0.3 is 11.8 Å². The summed E-state index contributed by atoms with van der Waals surface area (Å²) in [5.41, 5.74) is 7.27. The lowest BCUT2D eigenvalue weighted by Crippen LogP contribution is -2.38. The first kappa shape index (κ1) is 24.4. The van der Waals surface area contributed by atoms with Gasteiger partial charge in [-0.3, -0.25) is 5.32 Å². The van der Waals surface area contributed by atoms with Crippen molar-refractivity contribution >= 4 is 39.5 Å². The molecule has 0 saturated carbocycles. The molecule has 0 aliphatic rings. The number of aryl methyl sites for hydroxylation is 1. The second kappa shape index (κ2) is 9.40. The van der Waals surface area contributed by atoms with Crippen LogP contribution in [0.15, 0.2) is 85.3 Å². The number of H-pyrrole nitrogens is 2. The maximum absolute atomic E-state index is 13.3. The van der Waals surface area contributed by atoms with Gasteiger partial charge in [0.2, 0.25) is 0 Å². The largest absolute Gasteiger partial charge is 0.411 e. The van der Waals surface area contributed by atoms with Crippen molar-refractivity contribution in [2.45, 2.75) is 33.1 Å². The number of pyridine rings is 1. The molecule has 0 spiro atoms. The number of nitrogens with one attached hydrogen (secondary N) is 4. The standard InChI is InChI=1S/C31H29N7O/c1-19-9-11-21(12-10-19)38-28(16-27(37-38)31(2,3)4)36-30(39)35-25-14-13-22(23-7-5-6-8-24(23)25)20-15-26-29(32-17-20)34-18-33-26/h5-18H,1-4H3,(H3,32,33,34,35,36,37,39)/p+1. The number of urea groups is 1. The summed E-state index contributed by atoms with van der Waals surface area (Å²) in [5.74, 6) is 0.654. The number of fused-ring (bicyclic) bond motifs is 2. The van der Waals surface area contributed by atoms with E-state index in [0.29, 0.717) is 11.5 Å². The highest BCUT2D eigenvalue weighted by molar-refractivity contribution is 6.09. The zero-order chi connectivity index (χ0) is 27.1. The molecule has 0 aliphatic carbocycles. The Morgan fingerprint density at radius 2 is 1.67 bits per heavy atom. The molecule has 0 bridgehead atoms. The van der Waals surface area contributed by atoms with Gasteiger partial charge in [-0.1, -0.05) is 68.8 Å². The lowest BCUT2D eigenvalue weighted by molar-refractivity contribution is -0.641. The number of imidazole rings is 1. The van der Waals surface area contributed by atoms with Crippen molar-refractivity contribution in [3.63, 3.8) is 0 Å². The first-order valence-corrected chi connectivity index (χ1v) is 12.9. The van der Waals surface area contributed by atoms with Crippen LogP contribution in [0.25, 0.3) is 38.8 Å². The molecule has 39 heavy (non-hydrogen) atoms. The van der Waals surface area contributed by atoms with Crippen LogP contribution in [0.3, 0.4) is 0 Å². The van der Waals surface area contributed by atoms with Crippen LogP contribution in [0.2, 0.25) is 0 Å². The van der Waals surface area contributed by atoms with Crippen molar-refractivity contribution in [2.75, 3.05) is 10.6 Å². The minimum Gasteiger partial charge on any atom is -0.343 e. The summed E-state index contributed by atoms with van der Waals surface area (Å²) < 4.78 is 1.90. The molecule has 0 aliphatic heterocycles. The highest BCUT2D eigenvalue weighted by Gasteiger charge is 2.26. The van der Waals surface area contributed by atoms with Crippen molar-refractivity contribution in [1.82, 2.24) is 20.1 Å². The molecule has 0 unspecified atom stereocenters. The van der Waals surface area contributed by atoms with Crippen LogP contribution in [0, 0.1) is 6.92 Å². The van der Waals surface area contributed by atoms with Gasteiger partial charge in [-0.05, 0) is 42.1 Å². The number of amides is 2.